The highest BCUT2D eigenvalue weighted by atomic mass is 79.9. The summed E-state index contributed by atoms with van der Waals surface area (Å²) < 4.78 is 11.8. The number of carbonyl (C=O) groups excluding carboxylic acids is 1. The minimum absolute atomic E-state index is 0.146. The van der Waals surface area contributed by atoms with Crippen molar-refractivity contribution in [3.8, 4) is 11.5 Å². The first-order chi connectivity index (χ1) is 11.7. The molecule has 3 heterocycles. The highest BCUT2D eigenvalue weighted by Crippen LogP contribution is 2.32. The molecule has 5 nitrogen and oxygen atoms in total. The lowest BCUT2D eigenvalue weighted by Gasteiger charge is -2.32. The van der Waals surface area contributed by atoms with Crippen molar-refractivity contribution in [2.45, 2.75) is 6.54 Å². The summed E-state index contributed by atoms with van der Waals surface area (Å²) >= 11 is 4.91. The Labute approximate surface area is 152 Å². The van der Waals surface area contributed by atoms with Gasteiger partial charge in [0.05, 0.1) is 34.8 Å². The van der Waals surface area contributed by atoms with Gasteiger partial charge in [0.25, 0.3) is 5.91 Å². The molecule has 0 saturated carbocycles. The lowest BCUT2D eigenvalue weighted by molar-refractivity contribution is -0.917. The van der Waals surface area contributed by atoms with Gasteiger partial charge in [0.15, 0.2) is 11.5 Å². The maximum absolute atomic E-state index is 12.5. The fourth-order valence-electron chi connectivity index (χ4n) is 3.13. The topological polar surface area (TPSA) is 43.2 Å². The second kappa shape index (κ2) is 6.74. The monoisotopic (exact) mass is 409 g/mol. The van der Waals surface area contributed by atoms with Crippen LogP contribution in [0.4, 0.5) is 0 Å². The number of hydrogen-bond acceptors (Lipinski definition) is 4. The van der Waals surface area contributed by atoms with Crippen LogP contribution in [0.5, 0.6) is 11.5 Å². The molecule has 0 bridgehead atoms. The van der Waals surface area contributed by atoms with Crippen LogP contribution in [0.15, 0.2) is 34.1 Å². The number of halogens is 1. The van der Waals surface area contributed by atoms with E-state index in [1.54, 1.807) is 0 Å². The quantitative estimate of drug-likeness (QED) is 0.839. The fraction of sp³-hybridized carbons (Fsp3) is 0.353. The van der Waals surface area contributed by atoms with Crippen molar-refractivity contribution in [1.29, 1.82) is 0 Å². The zero-order valence-corrected chi connectivity index (χ0v) is 15.5. The third-order valence-corrected chi connectivity index (χ3v) is 6.04. The second-order valence-corrected chi connectivity index (χ2v) is 8.47. The minimum atomic E-state index is 0.146. The summed E-state index contributed by atoms with van der Waals surface area (Å²) in [5, 5.41) is 0. The lowest BCUT2D eigenvalue weighted by Crippen LogP contribution is -3.13. The Bertz CT molecular complexity index is 756. The standard InChI is InChI=1S/C17H17BrN2O3S/c18-16-4-3-15(24-16)17(21)20-7-5-19(6-8-20)10-12-1-2-13-14(9-12)23-11-22-13/h1-4,9H,5-8,10-11H2/p+1. The summed E-state index contributed by atoms with van der Waals surface area (Å²) in [5.74, 6) is 1.81. The van der Waals surface area contributed by atoms with Crippen molar-refractivity contribution in [2.75, 3.05) is 33.0 Å². The summed E-state index contributed by atoms with van der Waals surface area (Å²) in [5.41, 5.74) is 1.25. The van der Waals surface area contributed by atoms with Crippen molar-refractivity contribution in [1.82, 2.24) is 4.90 Å². The first kappa shape index (κ1) is 15.9. The van der Waals surface area contributed by atoms with Crippen LogP contribution in [0.2, 0.25) is 0 Å². The van der Waals surface area contributed by atoms with Crippen molar-refractivity contribution in [3.63, 3.8) is 0 Å². The van der Waals surface area contributed by atoms with E-state index in [0.717, 1.165) is 52.9 Å². The predicted octanol–water partition coefficient (Wildman–Crippen LogP) is 1.78. The maximum atomic E-state index is 12.5. The summed E-state index contributed by atoms with van der Waals surface area (Å²) in [6.07, 6.45) is 0. The van der Waals surface area contributed by atoms with Crippen LogP contribution >= 0.6 is 27.3 Å². The van der Waals surface area contributed by atoms with Gasteiger partial charge in [-0.2, -0.15) is 0 Å². The number of ether oxygens (including phenoxy) is 2. The van der Waals surface area contributed by atoms with Crippen LogP contribution in [0, 0.1) is 0 Å². The number of benzene rings is 1. The number of fused-ring (bicyclic) bond motifs is 1. The number of piperazine rings is 1. The van der Waals surface area contributed by atoms with Crippen LogP contribution in [-0.4, -0.2) is 43.8 Å². The van der Waals surface area contributed by atoms with Crippen LogP contribution in [-0.2, 0) is 6.54 Å². The van der Waals surface area contributed by atoms with E-state index in [0.29, 0.717) is 6.79 Å². The van der Waals surface area contributed by atoms with Crippen molar-refractivity contribution in [2.24, 2.45) is 0 Å². The maximum Gasteiger partial charge on any atom is 0.264 e. The van der Waals surface area contributed by atoms with Gasteiger partial charge in [0.1, 0.15) is 6.54 Å². The average Bonchev–Trinajstić information content (AvgIpc) is 3.23. The molecule has 126 valence electrons. The van der Waals surface area contributed by atoms with E-state index < -0.39 is 0 Å². The van der Waals surface area contributed by atoms with Gasteiger partial charge in [0, 0.05) is 5.56 Å². The lowest BCUT2D eigenvalue weighted by atomic mass is 10.1. The molecule has 1 fully saturated rings. The number of rotatable bonds is 3. The van der Waals surface area contributed by atoms with E-state index in [4.69, 9.17) is 9.47 Å². The molecule has 4 rings (SSSR count). The molecule has 7 heteroatoms. The normalized spacial score (nSPS) is 17.3. The molecule has 0 aliphatic carbocycles. The largest absolute Gasteiger partial charge is 0.454 e. The van der Waals surface area contributed by atoms with E-state index in [-0.39, 0.29) is 5.91 Å². The zero-order valence-electron chi connectivity index (χ0n) is 13.1. The first-order valence-corrected chi connectivity index (χ1v) is 9.57. The molecule has 1 N–H and O–H groups in total. The highest BCUT2D eigenvalue weighted by molar-refractivity contribution is 9.11. The zero-order chi connectivity index (χ0) is 16.5. The van der Waals surface area contributed by atoms with E-state index in [2.05, 4.69) is 28.1 Å². The molecule has 1 aromatic carbocycles. The number of quaternary nitrogens is 1. The number of hydrogen-bond donors (Lipinski definition) is 1. The Kier molecular flexibility index (Phi) is 4.47. The van der Waals surface area contributed by atoms with Crippen LogP contribution in [0.1, 0.15) is 15.2 Å². The number of nitrogens with zero attached hydrogens (tertiary/aromatic N) is 1. The third kappa shape index (κ3) is 3.29. The van der Waals surface area contributed by atoms with Gasteiger partial charge in [-0.1, -0.05) is 0 Å². The average molecular weight is 410 g/mol. The molecule has 0 unspecified atom stereocenters. The number of amides is 1. The molecule has 1 amide bonds. The third-order valence-electron chi connectivity index (χ3n) is 4.43. The molecular weight excluding hydrogens is 392 g/mol. The van der Waals surface area contributed by atoms with Crippen LogP contribution < -0.4 is 14.4 Å². The Morgan fingerprint density at radius 2 is 1.96 bits per heavy atom. The molecule has 1 aromatic heterocycles. The van der Waals surface area contributed by atoms with Crippen LogP contribution in [0.25, 0.3) is 0 Å². The molecule has 0 radical (unpaired) electrons. The van der Waals surface area contributed by atoms with Gasteiger partial charge in [-0.15, -0.1) is 11.3 Å². The fourth-order valence-corrected chi connectivity index (χ4v) is 4.48. The highest BCUT2D eigenvalue weighted by Gasteiger charge is 2.26. The molecule has 1 saturated heterocycles. The Morgan fingerprint density at radius 1 is 1.17 bits per heavy atom. The van der Waals surface area contributed by atoms with E-state index in [1.807, 2.05) is 23.1 Å². The Morgan fingerprint density at radius 3 is 2.71 bits per heavy atom. The number of nitrogens with one attached hydrogen (secondary N) is 1. The summed E-state index contributed by atoms with van der Waals surface area (Å²) in [7, 11) is 0. The molecular formula is C17H18BrN2O3S+. The summed E-state index contributed by atoms with van der Waals surface area (Å²) in [4.78, 5) is 16.7. The molecule has 24 heavy (non-hydrogen) atoms. The smallest absolute Gasteiger partial charge is 0.264 e. The number of carbonyl (C=O) groups is 1. The van der Waals surface area contributed by atoms with Crippen LogP contribution in [0.3, 0.4) is 0 Å². The first-order valence-electron chi connectivity index (χ1n) is 7.96. The van der Waals surface area contributed by atoms with E-state index in [9.17, 15) is 4.79 Å². The summed E-state index contributed by atoms with van der Waals surface area (Å²) in [6.45, 7) is 4.79. The van der Waals surface area contributed by atoms with Gasteiger partial charge in [-0.3, -0.25) is 4.79 Å². The predicted molar refractivity (Wildman–Crippen MR) is 94.9 cm³/mol. The number of thiophene rings is 1. The van der Waals surface area contributed by atoms with Gasteiger partial charge < -0.3 is 19.3 Å². The molecule has 0 atom stereocenters. The molecule has 2 aromatic rings. The molecule has 2 aliphatic rings. The van der Waals surface area contributed by atoms with Gasteiger partial charge in [0.2, 0.25) is 6.79 Å². The molecule has 2 aliphatic heterocycles. The Balaban J connectivity index is 1.34. The van der Waals surface area contributed by atoms with Gasteiger partial charge in [-0.25, -0.2) is 0 Å². The van der Waals surface area contributed by atoms with E-state index in [1.165, 1.54) is 21.8 Å². The van der Waals surface area contributed by atoms with Crippen molar-refractivity contribution in [3.05, 3.63) is 44.6 Å². The second-order valence-electron chi connectivity index (χ2n) is 6.01. The molecule has 0 spiro atoms. The van der Waals surface area contributed by atoms with Gasteiger partial charge in [-0.05, 0) is 46.3 Å². The van der Waals surface area contributed by atoms with E-state index >= 15 is 0 Å². The van der Waals surface area contributed by atoms with Gasteiger partial charge >= 0.3 is 0 Å². The van der Waals surface area contributed by atoms with Crippen molar-refractivity contribution < 1.29 is 19.2 Å². The SMILES string of the molecule is O=C(c1ccc(Br)s1)N1CC[NH+](Cc2ccc3c(c2)OCO3)CC1. The summed E-state index contributed by atoms with van der Waals surface area (Å²) in [6, 6.07) is 9.96. The minimum Gasteiger partial charge on any atom is -0.454 e. The Hall–Kier alpha value is -1.57. The van der Waals surface area contributed by atoms with Crippen molar-refractivity contribution >= 4 is 33.2 Å².